The summed E-state index contributed by atoms with van der Waals surface area (Å²) in [6.45, 7) is 3.54. The van der Waals surface area contributed by atoms with Crippen LogP contribution in [0.5, 0.6) is 0 Å². The summed E-state index contributed by atoms with van der Waals surface area (Å²) in [5.74, 6) is -1.94. The molecule has 0 spiro atoms. The molecule has 1 aromatic carbocycles. The quantitative estimate of drug-likeness (QED) is 0.476. The molecule has 2 heterocycles. The molecule has 0 aliphatic rings. The maximum atomic E-state index is 14.7. The van der Waals surface area contributed by atoms with Gasteiger partial charge in [-0.25, -0.2) is 21.2 Å². The van der Waals surface area contributed by atoms with Crippen molar-refractivity contribution in [2.75, 3.05) is 0 Å². The lowest BCUT2D eigenvalue weighted by Gasteiger charge is -2.17. The minimum atomic E-state index is -4.32. The molecule has 0 saturated carbocycles. The third-order valence-electron chi connectivity index (χ3n) is 4.02. The molecule has 2 aromatic heterocycles. The van der Waals surface area contributed by atoms with E-state index in [9.17, 15) is 22.0 Å². The van der Waals surface area contributed by atoms with E-state index in [1.165, 1.54) is 36.7 Å². The van der Waals surface area contributed by atoms with E-state index in [0.717, 1.165) is 18.3 Å². The first-order valence-corrected chi connectivity index (χ1v) is 9.30. The van der Waals surface area contributed by atoms with Gasteiger partial charge in [-0.15, -0.1) is 6.58 Å². The smallest absolute Gasteiger partial charge is 0.249 e. The van der Waals surface area contributed by atoms with Gasteiger partial charge in [0.15, 0.2) is 12.1 Å². The number of hydrogen-bond acceptors (Lipinski definition) is 4. The Morgan fingerprint density at radius 3 is 2.48 bits per heavy atom. The number of carbonyl (C=O) groups is 1. The first kappa shape index (κ1) is 18.7. The van der Waals surface area contributed by atoms with Gasteiger partial charge in [-0.1, -0.05) is 24.3 Å². The second-order valence-electron chi connectivity index (χ2n) is 5.63. The highest BCUT2D eigenvalue weighted by molar-refractivity contribution is 7.90. The molecule has 3 rings (SSSR count). The molecule has 0 radical (unpaired) electrons. The summed E-state index contributed by atoms with van der Waals surface area (Å²) in [7, 11) is -4.32. The maximum absolute atomic E-state index is 14.7. The predicted octanol–water partition coefficient (Wildman–Crippen LogP) is 3.75. The number of nitrogens with zero attached hydrogens (tertiary/aromatic N) is 2. The Labute approximate surface area is 154 Å². The van der Waals surface area contributed by atoms with Crippen LogP contribution in [0, 0.1) is 11.6 Å². The minimum absolute atomic E-state index is 0.179. The Morgan fingerprint density at radius 1 is 1.15 bits per heavy atom. The summed E-state index contributed by atoms with van der Waals surface area (Å²) in [6.07, 6.45) is 5.00. The molecule has 5 nitrogen and oxygen atoms in total. The van der Waals surface area contributed by atoms with Gasteiger partial charge >= 0.3 is 0 Å². The maximum Gasteiger partial charge on any atom is 0.249 e. The van der Waals surface area contributed by atoms with Crippen molar-refractivity contribution in [1.82, 2.24) is 8.96 Å². The van der Waals surface area contributed by atoms with E-state index >= 15 is 0 Å². The van der Waals surface area contributed by atoms with Crippen molar-refractivity contribution < 1.29 is 22.0 Å². The number of aldehydes is 1. The van der Waals surface area contributed by atoms with Crippen molar-refractivity contribution in [3.63, 3.8) is 0 Å². The summed E-state index contributed by atoms with van der Waals surface area (Å²) in [4.78, 5) is 15.1. The van der Waals surface area contributed by atoms with Gasteiger partial charge in [0.25, 0.3) is 0 Å². The molecule has 0 aliphatic carbocycles. The Morgan fingerprint density at radius 2 is 1.89 bits per heavy atom. The molecule has 0 N–H and O–H groups in total. The summed E-state index contributed by atoms with van der Waals surface area (Å²) < 4.78 is 56.0. The van der Waals surface area contributed by atoms with Gasteiger partial charge in [0.05, 0.1) is 5.56 Å². The van der Waals surface area contributed by atoms with Crippen molar-refractivity contribution in [2.45, 2.75) is 5.25 Å². The van der Waals surface area contributed by atoms with Gasteiger partial charge in [0, 0.05) is 24.2 Å². The number of rotatable bonds is 6. The Balaban J connectivity index is 2.29. The highest BCUT2D eigenvalue weighted by Crippen LogP contribution is 2.34. The summed E-state index contributed by atoms with van der Waals surface area (Å²) >= 11 is 0. The Hall–Kier alpha value is -3.13. The van der Waals surface area contributed by atoms with Crippen molar-refractivity contribution in [3.8, 4) is 11.3 Å². The van der Waals surface area contributed by atoms with Crippen LogP contribution in [-0.2, 0) is 10.0 Å². The van der Waals surface area contributed by atoms with E-state index in [4.69, 9.17) is 0 Å². The molecular weight excluding hydrogens is 374 g/mol. The normalized spacial score (nSPS) is 12.5. The fraction of sp³-hybridized carbons (Fsp3) is 0.0526. The molecule has 138 valence electrons. The number of benzene rings is 1. The number of hydrogen-bond donors (Lipinski definition) is 0. The van der Waals surface area contributed by atoms with Crippen LogP contribution in [0.15, 0.2) is 67.6 Å². The van der Waals surface area contributed by atoms with E-state index in [2.05, 4.69) is 11.6 Å². The molecule has 0 aliphatic heterocycles. The largest absolute Gasteiger partial charge is 0.298 e. The number of pyridine rings is 1. The molecule has 1 unspecified atom stereocenters. The molecule has 3 aromatic rings. The zero-order valence-electron chi connectivity index (χ0n) is 13.9. The fourth-order valence-electron chi connectivity index (χ4n) is 2.75. The third-order valence-corrected chi connectivity index (χ3v) is 5.96. The standard InChI is InChI=1S/C19H14F2N2O3S/c1-2-17(13-6-5-9-22-10-13)27(25,26)23-11-14(12-24)18(21)19(23)15-7-3-4-8-16(15)20/h2-12,17H,1H2. The van der Waals surface area contributed by atoms with Crippen molar-refractivity contribution >= 4 is 16.3 Å². The van der Waals surface area contributed by atoms with Crippen LogP contribution in [0.25, 0.3) is 11.3 Å². The summed E-state index contributed by atoms with van der Waals surface area (Å²) in [5, 5.41) is -1.27. The molecule has 27 heavy (non-hydrogen) atoms. The fourth-order valence-corrected chi connectivity index (χ4v) is 4.42. The number of carbonyl (C=O) groups excluding carboxylic acids is 1. The molecular formula is C19H14F2N2O3S. The minimum Gasteiger partial charge on any atom is -0.298 e. The zero-order valence-corrected chi connectivity index (χ0v) is 14.7. The van der Waals surface area contributed by atoms with Gasteiger partial charge in [0.2, 0.25) is 10.0 Å². The van der Waals surface area contributed by atoms with Gasteiger partial charge < -0.3 is 0 Å². The lowest BCUT2D eigenvalue weighted by atomic mass is 10.1. The van der Waals surface area contributed by atoms with Crippen LogP contribution in [0.4, 0.5) is 8.78 Å². The predicted molar refractivity (Wildman–Crippen MR) is 96.7 cm³/mol. The third kappa shape index (κ3) is 3.19. The topological polar surface area (TPSA) is 69.0 Å². The molecule has 0 amide bonds. The van der Waals surface area contributed by atoms with E-state index in [1.807, 2.05) is 0 Å². The molecule has 0 saturated heterocycles. The average Bonchev–Trinajstić information content (AvgIpc) is 3.00. The van der Waals surface area contributed by atoms with Crippen molar-refractivity contribution in [2.24, 2.45) is 0 Å². The van der Waals surface area contributed by atoms with Gasteiger partial charge in [0.1, 0.15) is 16.8 Å². The average molecular weight is 388 g/mol. The summed E-state index contributed by atoms with van der Waals surface area (Å²) in [6, 6.07) is 8.22. The monoisotopic (exact) mass is 388 g/mol. The van der Waals surface area contributed by atoms with E-state index in [0.29, 0.717) is 9.54 Å². The zero-order chi connectivity index (χ0) is 19.6. The van der Waals surface area contributed by atoms with Gasteiger partial charge in [-0.2, -0.15) is 0 Å². The van der Waals surface area contributed by atoms with Crippen LogP contribution >= 0.6 is 0 Å². The second-order valence-corrected chi connectivity index (χ2v) is 7.56. The highest BCUT2D eigenvalue weighted by Gasteiger charge is 2.32. The molecule has 0 fully saturated rings. The highest BCUT2D eigenvalue weighted by atomic mass is 32.2. The van der Waals surface area contributed by atoms with Gasteiger partial charge in [-0.05, 0) is 23.8 Å². The molecule has 0 bridgehead atoms. The number of aromatic nitrogens is 2. The van der Waals surface area contributed by atoms with E-state index in [1.54, 1.807) is 6.07 Å². The Bertz CT molecular complexity index is 1110. The van der Waals surface area contributed by atoms with Crippen LogP contribution in [0.1, 0.15) is 21.2 Å². The lowest BCUT2D eigenvalue weighted by Crippen LogP contribution is -2.20. The summed E-state index contributed by atoms with van der Waals surface area (Å²) in [5.41, 5.74) is -1.02. The second kappa shape index (κ2) is 7.24. The van der Waals surface area contributed by atoms with E-state index in [-0.39, 0.29) is 11.8 Å². The Kier molecular flexibility index (Phi) is 5.00. The van der Waals surface area contributed by atoms with Crippen LogP contribution in [-0.4, -0.2) is 23.7 Å². The lowest BCUT2D eigenvalue weighted by molar-refractivity contribution is 0.112. The van der Waals surface area contributed by atoms with E-state index < -0.39 is 38.2 Å². The first-order chi connectivity index (χ1) is 12.9. The first-order valence-electron chi connectivity index (χ1n) is 7.79. The molecule has 8 heteroatoms. The SMILES string of the molecule is C=CC(c1cccnc1)S(=O)(=O)n1cc(C=O)c(F)c1-c1ccccc1F. The van der Waals surface area contributed by atoms with Crippen molar-refractivity contribution in [3.05, 3.63) is 90.4 Å². The van der Waals surface area contributed by atoms with Crippen LogP contribution < -0.4 is 0 Å². The van der Waals surface area contributed by atoms with Crippen LogP contribution in [0.3, 0.4) is 0 Å². The molecule has 1 atom stereocenters. The number of halogens is 2. The van der Waals surface area contributed by atoms with Crippen LogP contribution in [0.2, 0.25) is 0 Å². The van der Waals surface area contributed by atoms with Crippen molar-refractivity contribution in [1.29, 1.82) is 0 Å². The van der Waals surface area contributed by atoms with Gasteiger partial charge in [-0.3, -0.25) is 9.78 Å².